The summed E-state index contributed by atoms with van der Waals surface area (Å²) in [6.45, 7) is 0.446. The normalized spacial score (nSPS) is 27.5. The first-order chi connectivity index (χ1) is 13.0. The van der Waals surface area contributed by atoms with E-state index in [9.17, 15) is 9.59 Å². The monoisotopic (exact) mass is 421 g/mol. The number of hydrogen-bond donors (Lipinski definition) is 0. The van der Waals surface area contributed by atoms with E-state index in [4.69, 9.17) is 34.8 Å². The third-order valence-corrected chi connectivity index (χ3v) is 6.77. The van der Waals surface area contributed by atoms with Gasteiger partial charge in [0.25, 0.3) is 0 Å². The Kier molecular flexibility index (Phi) is 5.19. The zero-order valence-corrected chi connectivity index (χ0v) is 16.7. The summed E-state index contributed by atoms with van der Waals surface area (Å²) in [5, 5.41) is 1.91. The molecule has 2 aromatic carbocycles. The molecule has 2 fully saturated rings. The molecule has 0 bridgehead atoms. The summed E-state index contributed by atoms with van der Waals surface area (Å²) in [6.07, 6.45) is 2.24. The highest BCUT2D eigenvalue weighted by atomic mass is 35.5. The summed E-state index contributed by atoms with van der Waals surface area (Å²) >= 11 is 18.7. The van der Waals surface area contributed by atoms with Gasteiger partial charge in [0.1, 0.15) is 0 Å². The number of imide groups is 1. The Morgan fingerprint density at radius 3 is 2.26 bits per heavy atom. The number of carbonyl (C=O) groups is 2. The number of benzene rings is 2. The standard InChI is InChI=1S/C21H18Cl3NO2/c22-13-3-1-12(2-4-13)20-16(15-6-5-14(23)9-19(15)24)7-8-17-18(20)10-25(11-26)21(17)27/h1-6,9,11,16-18,20H,7-8,10H2. The highest BCUT2D eigenvalue weighted by Gasteiger charge is 2.50. The van der Waals surface area contributed by atoms with Gasteiger partial charge in [0.05, 0.1) is 0 Å². The van der Waals surface area contributed by atoms with E-state index in [0.717, 1.165) is 24.0 Å². The first-order valence-corrected chi connectivity index (χ1v) is 10.1. The highest BCUT2D eigenvalue weighted by Crippen LogP contribution is 2.53. The average Bonchev–Trinajstić information content (AvgIpc) is 2.98. The topological polar surface area (TPSA) is 37.4 Å². The first-order valence-electron chi connectivity index (χ1n) is 8.95. The lowest BCUT2D eigenvalue weighted by molar-refractivity contribution is -0.137. The van der Waals surface area contributed by atoms with Crippen molar-refractivity contribution in [2.45, 2.75) is 24.7 Å². The van der Waals surface area contributed by atoms with Crippen LogP contribution < -0.4 is 0 Å². The molecule has 6 heteroatoms. The SMILES string of the molecule is O=CN1CC2C(CCC(c3ccc(Cl)cc3Cl)C2c2ccc(Cl)cc2)C1=O. The van der Waals surface area contributed by atoms with Crippen molar-refractivity contribution in [3.8, 4) is 0 Å². The molecule has 2 amide bonds. The van der Waals surface area contributed by atoms with E-state index in [-0.39, 0.29) is 29.6 Å². The number of likely N-dealkylation sites (tertiary alicyclic amines) is 1. The number of halogens is 3. The van der Waals surface area contributed by atoms with Crippen LogP contribution in [-0.2, 0) is 9.59 Å². The molecule has 4 rings (SSSR count). The molecule has 2 aliphatic rings. The lowest BCUT2D eigenvalue weighted by Gasteiger charge is -2.39. The van der Waals surface area contributed by atoms with E-state index in [0.29, 0.717) is 28.0 Å². The zero-order valence-electron chi connectivity index (χ0n) is 14.4. The van der Waals surface area contributed by atoms with Crippen molar-refractivity contribution in [1.29, 1.82) is 0 Å². The maximum atomic E-state index is 12.6. The van der Waals surface area contributed by atoms with Crippen molar-refractivity contribution in [2.24, 2.45) is 11.8 Å². The Labute approximate surface area is 173 Å². The maximum Gasteiger partial charge on any atom is 0.232 e. The third kappa shape index (κ3) is 3.37. The van der Waals surface area contributed by atoms with Crippen LogP contribution in [0.2, 0.25) is 15.1 Å². The second kappa shape index (κ2) is 7.46. The fourth-order valence-electron chi connectivity index (χ4n) is 4.79. The molecular weight excluding hydrogens is 405 g/mol. The van der Waals surface area contributed by atoms with Gasteiger partial charge in [0.2, 0.25) is 12.3 Å². The molecule has 1 saturated carbocycles. The number of rotatable bonds is 3. The molecule has 0 spiro atoms. The van der Waals surface area contributed by atoms with Crippen LogP contribution in [0.25, 0.3) is 0 Å². The first kappa shape index (κ1) is 18.8. The lowest BCUT2D eigenvalue weighted by atomic mass is 9.63. The largest absolute Gasteiger partial charge is 0.285 e. The number of fused-ring (bicyclic) bond motifs is 1. The number of amides is 2. The Hall–Kier alpha value is -1.55. The Morgan fingerprint density at radius 2 is 1.59 bits per heavy atom. The van der Waals surface area contributed by atoms with Crippen LogP contribution in [-0.4, -0.2) is 23.8 Å². The van der Waals surface area contributed by atoms with Gasteiger partial charge >= 0.3 is 0 Å². The van der Waals surface area contributed by atoms with E-state index in [1.807, 2.05) is 36.4 Å². The quantitative estimate of drug-likeness (QED) is 0.609. The Bertz CT molecular complexity index is 883. The Morgan fingerprint density at radius 1 is 0.926 bits per heavy atom. The number of carbonyl (C=O) groups excluding carboxylic acids is 2. The smallest absolute Gasteiger partial charge is 0.232 e. The van der Waals surface area contributed by atoms with Gasteiger partial charge in [-0.05, 0) is 66.0 Å². The molecule has 0 N–H and O–H groups in total. The molecule has 0 aromatic heterocycles. The minimum atomic E-state index is -0.127. The molecule has 1 heterocycles. The minimum Gasteiger partial charge on any atom is -0.285 e. The van der Waals surface area contributed by atoms with Crippen molar-refractivity contribution in [3.63, 3.8) is 0 Å². The number of hydrogen-bond acceptors (Lipinski definition) is 2. The number of nitrogens with zero attached hydrogens (tertiary/aromatic N) is 1. The predicted octanol–water partition coefficient (Wildman–Crippen LogP) is 5.54. The summed E-state index contributed by atoms with van der Waals surface area (Å²) in [4.78, 5) is 25.3. The molecule has 1 aliphatic carbocycles. The van der Waals surface area contributed by atoms with E-state index >= 15 is 0 Å². The molecule has 140 valence electrons. The van der Waals surface area contributed by atoms with Crippen molar-refractivity contribution in [3.05, 3.63) is 68.7 Å². The molecule has 2 aromatic rings. The van der Waals surface area contributed by atoms with Gasteiger partial charge in [-0.15, -0.1) is 0 Å². The fraction of sp³-hybridized carbons (Fsp3) is 0.333. The van der Waals surface area contributed by atoms with Crippen molar-refractivity contribution in [1.82, 2.24) is 4.90 Å². The van der Waals surface area contributed by atoms with Gasteiger partial charge in [0.15, 0.2) is 0 Å². The molecule has 4 atom stereocenters. The van der Waals surface area contributed by atoms with Gasteiger partial charge in [-0.2, -0.15) is 0 Å². The minimum absolute atomic E-state index is 0.0605. The molecule has 3 nitrogen and oxygen atoms in total. The van der Waals surface area contributed by atoms with Gasteiger partial charge in [-0.1, -0.05) is 53.0 Å². The van der Waals surface area contributed by atoms with Crippen LogP contribution in [0.15, 0.2) is 42.5 Å². The Balaban J connectivity index is 1.79. The lowest BCUT2D eigenvalue weighted by Crippen LogP contribution is -2.32. The van der Waals surface area contributed by atoms with Gasteiger partial charge in [-0.3, -0.25) is 14.5 Å². The molecule has 1 aliphatic heterocycles. The second-order valence-corrected chi connectivity index (χ2v) is 8.57. The van der Waals surface area contributed by atoms with Crippen molar-refractivity contribution >= 4 is 47.1 Å². The van der Waals surface area contributed by atoms with Gasteiger partial charge < -0.3 is 0 Å². The van der Waals surface area contributed by atoms with Gasteiger partial charge in [-0.25, -0.2) is 0 Å². The molecule has 0 radical (unpaired) electrons. The fourth-order valence-corrected chi connectivity index (χ4v) is 5.46. The van der Waals surface area contributed by atoms with Crippen LogP contribution in [0.1, 0.15) is 35.8 Å². The third-order valence-electron chi connectivity index (χ3n) is 5.95. The van der Waals surface area contributed by atoms with Crippen molar-refractivity contribution in [2.75, 3.05) is 6.54 Å². The summed E-state index contributed by atoms with van der Waals surface area (Å²) < 4.78 is 0. The van der Waals surface area contributed by atoms with E-state index in [2.05, 4.69) is 0 Å². The van der Waals surface area contributed by atoms with Crippen LogP contribution in [0.3, 0.4) is 0 Å². The van der Waals surface area contributed by atoms with E-state index in [1.54, 1.807) is 6.07 Å². The van der Waals surface area contributed by atoms with E-state index < -0.39 is 0 Å². The second-order valence-electron chi connectivity index (χ2n) is 7.29. The predicted molar refractivity (Wildman–Crippen MR) is 107 cm³/mol. The van der Waals surface area contributed by atoms with Crippen LogP contribution in [0.5, 0.6) is 0 Å². The zero-order chi connectivity index (χ0) is 19.1. The summed E-state index contributed by atoms with van der Waals surface area (Å²) in [7, 11) is 0. The maximum absolute atomic E-state index is 12.6. The average molecular weight is 423 g/mol. The van der Waals surface area contributed by atoms with Crippen LogP contribution in [0, 0.1) is 11.8 Å². The van der Waals surface area contributed by atoms with Gasteiger partial charge in [0, 0.05) is 27.5 Å². The van der Waals surface area contributed by atoms with Crippen molar-refractivity contribution < 1.29 is 9.59 Å². The summed E-state index contributed by atoms with van der Waals surface area (Å²) in [6, 6.07) is 13.4. The van der Waals surface area contributed by atoms with Crippen LogP contribution >= 0.6 is 34.8 Å². The molecule has 1 saturated heterocycles. The van der Waals surface area contributed by atoms with E-state index in [1.165, 1.54) is 4.90 Å². The summed E-state index contributed by atoms with van der Waals surface area (Å²) in [5.41, 5.74) is 2.15. The molecular formula is C21H18Cl3NO2. The molecule has 4 unspecified atom stereocenters. The van der Waals surface area contributed by atoms with Crippen LogP contribution in [0.4, 0.5) is 0 Å². The highest BCUT2D eigenvalue weighted by molar-refractivity contribution is 6.35. The molecule has 27 heavy (non-hydrogen) atoms. The summed E-state index contributed by atoms with van der Waals surface area (Å²) in [5.74, 6) is 0.104.